The normalized spacial score (nSPS) is 10.7. The minimum atomic E-state index is 0.476. The maximum absolute atomic E-state index is 5.13. The predicted octanol–water partition coefficient (Wildman–Crippen LogP) is 3.75. The summed E-state index contributed by atoms with van der Waals surface area (Å²) in [6.45, 7) is 0. The zero-order chi connectivity index (χ0) is 17.9. The van der Waals surface area contributed by atoms with Crippen LogP contribution in [0.25, 0.3) is 22.0 Å². The number of thiazole rings is 1. The van der Waals surface area contributed by atoms with Crippen LogP contribution in [0, 0.1) is 0 Å². The van der Waals surface area contributed by atoms with E-state index in [-0.39, 0.29) is 0 Å². The highest BCUT2D eigenvalue weighted by Crippen LogP contribution is 2.28. The SMILES string of the molecule is COc1cc(Nc2nccc(-c3nc(-c4ccccc4)cs3)n2)n(C)n1. The Morgan fingerprint density at radius 3 is 2.69 bits per heavy atom. The summed E-state index contributed by atoms with van der Waals surface area (Å²) < 4.78 is 6.80. The van der Waals surface area contributed by atoms with E-state index in [2.05, 4.69) is 20.4 Å². The highest BCUT2D eigenvalue weighted by atomic mass is 32.1. The summed E-state index contributed by atoms with van der Waals surface area (Å²) in [5.74, 6) is 1.74. The molecule has 130 valence electrons. The summed E-state index contributed by atoms with van der Waals surface area (Å²) in [7, 11) is 3.40. The van der Waals surface area contributed by atoms with Crippen LogP contribution < -0.4 is 10.1 Å². The quantitative estimate of drug-likeness (QED) is 0.581. The lowest BCUT2D eigenvalue weighted by atomic mass is 10.2. The molecule has 3 aromatic heterocycles. The first kappa shape index (κ1) is 16.2. The van der Waals surface area contributed by atoms with Crippen molar-refractivity contribution in [3.8, 4) is 27.8 Å². The molecule has 0 fully saturated rings. The van der Waals surface area contributed by atoms with Crippen LogP contribution >= 0.6 is 11.3 Å². The first-order valence-corrected chi connectivity index (χ1v) is 8.80. The van der Waals surface area contributed by atoms with E-state index < -0.39 is 0 Å². The standard InChI is InChI=1S/C18H16N6OS/c1-24-15(10-16(23-24)25-2)22-18-19-9-8-13(21-18)17-20-14(11-26-17)12-6-4-3-5-7-12/h3-11H,1-2H3,(H,19,21,22). The maximum atomic E-state index is 5.13. The average Bonchev–Trinajstić information content (AvgIpc) is 3.30. The summed E-state index contributed by atoms with van der Waals surface area (Å²) in [6.07, 6.45) is 1.71. The molecule has 0 bridgehead atoms. The molecular formula is C18H16N6OS. The Balaban J connectivity index is 1.60. The third kappa shape index (κ3) is 3.27. The number of hydrogen-bond donors (Lipinski definition) is 1. The third-order valence-electron chi connectivity index (χ3n) is 3.75. The van der Waals surface area contributed by atoms with Crippen LogP contribution in [0.15, 0.2) is 54.0 Å². The number of nitrogens with zero attached hydrogens (tertiary/aromatic N) is 5. The van der Waals surface area contributed by atoms with Gasteiger partial charge in [-0.05, 0) is 6.07 Å². The van der Waals surface area contributed by atoms with E-state index in [1.807, 2.05) is 48.8 Å². The topological polar surface area (TPSA) is 77.8 Å². The van der Waals surface area contributed by atoms with Crippen molar-refractivity contribution >= 4 is 23.1 Å². The Morgan fingerprint density at radius 2 is 1.92 bits per heavy atom. The minimum Gasteiger partial charge on any atom is -0.480 e. The second-order valence-electron chi connectivity index (χ2n) is 5.49. The summed E-state index contributed by atoms with van der Waals surface area (Å²) in [6, 6.07) is 13.7. The molecule has 0 saturated heterocycles. The van der Waals surface area contributed by atoms with E-state index in [9.17, 15) is 0 Å². The van der Waals surface area contributed by atoms with Crippen LogP contribution in [0.4, 0.5) is 11.8 Å². The Bertz CT molecular complexity index is 1030. The van der Waals surface area contributed by atoms with Gasteiger partial charge in [-0.25, -0.2) is 19.6 Å². The molecule has 8 heteroatoms. The molecule has 3 heterocycles. The number of hydrogen-bond acceptors (Lipinski definition) is 7. The molecule has 0 spiro atoms. The average molecular weight is 364 g/mol. The van der Waals surface area contributed by atoms with Crippen LogP contribution in [0.2, 0.25) is 0 Å². The van der Waals surface area contributed by atoms with Gasteiger partial charge in [0.15, 0.2) is 0 Å². The van der Waals surface area contributed by atoms with Crippen molar-refractivity contribution in [1.29, 1.82) is 0 Å². The van der Waals surface area contributed by atoms with E-state index >= 15 is 0 Å². The van der Waals surface area contributed by atoms with Crippen molar-refractivity contribution in [1.82, 2.24) is 24.7 Å². The first-order chi connectivity index (χ1) is 12.7. The van der Waals surface area contributed by atoms with Gasteiger partial charge >= 0.3 is 0 Å². The van der Waals surface area contributed by atoms with Crippen LogP contribution in [-0.2, 0) is 7.05 Å². The third-order valence-corrected chi connectivity index (χ3v) is 4.62. The fourth-order valence-corrected chi connectivity index (χ4v) is 3.24. The summed E-state index contributed by atoms with van der Waals surface area (Å²) in [4.78, 5) is 13.5. The number of benzene rings is 1. The fraction of sp³-hybridized carbons (Fsp3) is 0.111. The van der Waals surface area contributed by atoms with Crippen LogP contribution in [0.3, 0.4) is 0 Å². The molecule has 0 saturated carbocycles. The molecule has 0 unspecified atom stereocenters. The molecule has 1 aromatic carbocycles. The smallest absolute Gasteiger partial charge is 0.234 e. The van der Waals surface area contributed by atoms with Gasteiger partial charge in [-0.2, -0.15) is 0 Å². The van der Waals surface area contributed by atoms with Gasteiger partial charge in [0.1, 0.15) is 16.5 Å². The molecule has 7 nitrogen and oxygen atoms in total. The van der Waals surface area contributed by atoms with E-state index in [0.717, 1.165) is 27.8 Å². The number of aromatic nitrogens is 5. The molecule has 0 aliphatic carbocycles. The first-order valence-electron chi connectivity index (χ1n) is 7.92. The molecule has 0 aliphatic heterocycles. The van der Waals surface area contributed by atoms with Crippen molar-refractivity contribution in [3.63, 3.8) is 0 Å². The zero-order valence-corrected chi connectivity index (χ0v) is 15.1. The van der Waals surface area contributed by atoms with Gasteiger partial charge in [0.25, 0.3) is 0 Å². The summed E-state index contributed by atoms with van der Waals surface area (Å²) >= 11 is 1.56. The number of aryl methyl sites for hydroxylation is 1. The van der Waals surface area contributed by atoms with Crippen molar-refractivity contribution < 1.29 is 4.74 Å². The number of rotatable bonds is 5. The molecular weight excluding hydrogens is 348 g/mol. The van der Waals surface area contributed by atoms with Crippen molar-refractivity contribution in [2.45, 2.75) is 0 Å². The number of anilines is 2. The molecule has 0 amide bonds. The van der Waals surface area contributed by atoms with Gasteiger partial charge in [-0.15, -0.1) is 16.4 Å². The van der Waals surface area contributed by atoms with E-state index in [1.54, 1.807) is 35.4 Å². The summed E-state index contributed by atoms with van der Waals surface area (Å²) in [5, 5.41) is 10.2. The lowest BCUT2D eigenvalue weighted by Gasteiger charge is -2.05. The van der Waals surface area contributed by atoms with Crippen molar-refractivity contribution in [2.75, 3.05) is 12.4 Å². The minimum absolute atomic E-state index is 0.476. The molecule has 1 N–H and O–H groups in total. The molecule has 26 heavy (non-hydrogen) atoms. The molecule has 4 aromatic rings. The van der Waals surface area contributed by atoms with Gasteiger partial charge in [-0.3, -0.25) is 0 Å². The number of methoxy groups -OCH3 is 1. The lowest BCUT2D eigenvalue weighted by molar-refractivity contribution is 0.392. The molecule has 0 radical (unpaired) electrons. The Labute approximate surface area is 154 Å². The summed E-state index contributed by atoms with van der Waals surface area (Å²) in [5.41, 5.74) is 2.79. The van der Waals surface area contributed by atoms with E-state index in [1.165, 1.54) is 0 Å². The maximum Gasteiger partial charge on any atom is 0.234 e. The molecule has 4 rings (SSSR count). The van der Waals surface area contributed by atoms with Gasteiger partial charge in [0, 0.05) is 30.3 Å². The lowest BCUT2D eigenvalue weighted by Crippen LogP contribution is -2.02. The van der Waals surface area contributed by atoms with Gasteiger partial charge in [-0.1, -0.05) is 30.3 Å². The second-order valence-corrected chi connectivity index (χ2v) is 6.35. The molecule has 0 aliphatic rings. The van der Waals surface area contributed by atoms with E-state index in [0.29, 0.717) is 11.8 Å². The van der Waals surface area contributed by atoms with Crippen molar-refractivity contribution in [2.24, 2.45) is 7.05 Å². The number of nitrogens with one attached hydrogen (secondary N) is 1. The zero-order valence-electron chi connectivity index (χ0n) is 14.2. The van der Waals surface area contributed by atoms with Gasteiger partial charge in [0.05, 0.1) is 12.8 Å². The van der Waals surface area contributed by atoms with Gasteiger partial charge < -0.3 is 10.1 Å². The van der Waals surface area contributed by atoms with Crippen molar-refractivity contribution in [3.05, 3.63) is 54.0 Å². The highest BCUT2D eigenvalue weighted by Gasteiger charge is 2.11. The monoisotopic (exact) mass is 364 g/mol. The predicted molar refractivity (Wildman–Crippen MR) is 102 cm³/mol. The second kappa shape index (κ2) is 6.93. The van der Waals surface area contributed by atoms with Crippen LogP contribution in [0.1, 0.15) is 0 Å². The fourth-order valence-electron chi connectivity index (χ4n) is 2.44. The number of ether oxygens (including phenoxy) is 1. The Morgan fingerprint density at radius 1 is 1.08 bits per heavy atom. The molecule has 0 atom stereocenters. The Hall–Kier alpha value is -3.26. The largest absolute Gasteiger partial charge is 0.480 e. The van der Waals surface area contributed by atoms with Crippen LogP contribution in [0.5, 0.6) is 5.88 Å². The Kier molecular flexibility index (Phi) is 4.32. The van der Waals surface area contributed by atoms with Gasteiger partial charge in [0.2, 0.25) is 11.8 Å². The van der Waals surface area contributed by atoms with E-state index in [4.69, 9.17) is 9.72 Å². The highest BCUT2D eigenvalue weighted by molar-refractivity contribution is 7.13. The van der Waals surface area contributed by atoms with Crippen LogP contribution in [-0.4, -0.2) is 31.8 Å².